The van der Waals surface area contributed by atoms with Gasteiger partial charge in [0.05, 0.1) is 12.7 Å². The quantitative estimate of drug-likeness (QED) is 0.690. The minimum Gasteiger partial charge on any atom is -0.375 e. The number of anilines is 1. The smallest absolute Gasteiger partial charge is 0.218 e. The summed E-state index contributed by atoms with van der Waals surface area (Å²) in [5.41, 5.74) is 0. The Labute approximate surface area is 88.1 Å². The zero-order valence-electron chi connectivity index (χ0n) is 8.69. The summed E-state index contributed by atoms with van der Waals surface area (Å²) < 4.78 is 18.4. The van der Waals surface area contributed by atoms with Gasteiger partial charge in [-0.05, 0) is 6.42 Å². The molecule has 5 heteroatoms. The van der Waals surface area contributed by atoms with Gasteiger partial charge in [-0.2, -0.15) is 4.39 Å². The third-order valence-corrected chi connectivity index (χ3v) is 2.54. The van der Waals surface area contributed by atoms with E-state index in [0.29, 0.717) is 12.4 Å². The fraction of sp³-hybridized carbons (Fsp3) is 0.600. The molecule has 1 fully saturated rings. The van der Waals surface area contributed by atoms with Crippen LogP contribution in [-0.4, -0.2) is 35.8 Å². The second kappa shape index (κ2) is 4.53. The van der Waals surface area contributed by atoms with E-state index in [4.69, 9.17) is 4.74 Å². The molecule has 1 atom stereocenters. The van der Waals surface area contributed by atoms with Crippen LogP contribution in [0.15, 0.2) is 12.4 Å². The molecule has 1 aromatic heterocycles. The molecule has 0 bridgehead atoms. The maximum atomic E-state index is 12.9. The molecule has 1 saturated heterocycles. The maximum Gasteiger partial charge on any atom is 0.218 e. The number of morpholine rings is 1. The van der Waals surface area contributed by atoms with Gasteiger partial charge in [0.2, 0.25) is 5.95 Å². The Balaban J connectivity index is 2.09. The molecule has 0 spiro atoms. The van der Waals surface area contributed by atoms with Crippen LogP contribution in [0.5, 0.6) is 0 Å². The second-order valence-electron chi connectivity index (χ2n) is 3.55. The van der Waals surface area contributed by atoms with Crippen molar-refractivity contribution in [3.63, 3.8) is 0 Å². The first-order valence-corrected chi connectivity index (χ1v) is 5.13. The van der Waals surface area contributed by atoms with Crippen LogP contribution >= 0.6 is 0 Å². The summed E-state index contributed by atoms with van der Waals surface area (Å²) in [6.45, 7) is 4.28. The van der Waals surface area contributed by atoms with Crippen molar-refractivity contribution in [2.45, 2.75) is 19.4 Å². The Hall–Kier alpha value is -1.23. The highest BCUT2D eigenvalue weighted by Crippen LogP contribution is 2.16. The fourth-order valence-electron chi connectivity index (χ4n) is 1.67. The van der Waals surface area contributed by atoms with E-state index in [1.165, 1.54) is 12.4 Å². The first kappa shape index (κ1) is 10.3. The van der Waals surface area contributed by atoms with Crippen LogP contribution in [0.25, 0.3) is 0 Å². The monoisotopic (exact) mass is 211 g/mol. The zero-order valence-corrected chi connectivity index (χ0v) is 8.69. The van der Waals surface area contributed by atoms with Crippen LogP contribution in [-0.2, 0) is 4.74 Å². The van der Waals surface area contributed by atoms with Crippen molar-refractivity contribution in [2.75, 3.05) is 24.6 Å². The highest BCUT2D eigenvalue weighted by molar-refractivity contribution is 5.37. The van der Waals surface area contributed by atoms with Gasteiger partial charge in [-0.3, -0.25) is 0 Å². The average molecular weight is 211 g/mol. The van der Waals surface area contributed by atoms with E-state index in [9.17, 15) is 4.39 Å². The number of aromatic nitrogens is 2. The lowest BCUT2D eigenvalue weighted by Crippen LogP contribution is -2.42. The van der Waals surface area contributed by atoms with Crippen molar-refractivity contribution in [1.82, 2.24) is 9.97 Å². The SMILES string of the molecule is CCC1CN(c2cc(F)ncn2)CCO1. The second-order valence-corrected chi connectivity index (χ2v) is 3.55. The molecular formula is C10H14FN3O. The lowest BCUT2D eigenvalue weighted by Gasteiger charge is -2.33. The maximum absolute atomic E-state index is 12.9. The Morgan fingerprint density at radius 3 is 3.20 bits per heavy atom. The first-order chi connectivity index (χ1) is 7.29. The summed E-state index contributed by atoms with van der Waals surface area (Å²) >= 11 is 0. The van der Waals surface area contributed by atoms with Crippen LogP contribution in [0, 0.1) is 5.95 Å². The lowest BCUT2D eigenvalue weighted by atomic mass is 10.2. The molecule has 1 aromatic rings. The van der Waals surface area contributed by atoms with Gasteiger partial charge in [0.25, 0.3) is 0 Å². The van der Waals surface area contributed by atoms with E-state index in [2.05, 4.69) is 16.9 Å². The van der Waals surface area contributed by atoms with Crippen LogP contribution in [0.4, 0.5) is 10.2 Å². The van der Waals surface area contributed by atoms with E-state index in [1.54, 1.807) is 0 Å². The fourth-order valence-corrected chi connectivity index (χ4v) is 1.67. The van der Waals surface area contributed by atoms with Crippen LogP contribution < -0.4 is 4.90 Å². The molecule has 0 amide bonds. The third-order valence-electron chi connectivity index (χ3n) is 2.54. The molecule has 0 N–H and O–H groups in total. The van der Waals surface area contributed by atoms with E-state index >= 15 is 0 Å². The molecule has 0 saturated carbocycles. The Morgan fingerprint density at radius 2 is 2.47 bits per heavy atom. The molecule has 2 rings (SSSR count). The Morgan fingerprint density at radius 1 is 1.60 bits per heavy atom. The highest BCUT2D eigenvalue weighted by atomic mass is 19.1. The summed E-state index contributed by atoms with van der Waals surface area (Å²) in [7, 11) is 0. The normalized spacial score (nSPS) is 21.7. The van der Waals surface area contributed by atoms with Crippen molar-refractivity contribution < 1.29 is 9.13 Å². The van der Waals surface area contributed by atoms with Crippen molar-refractivity contribution in [3.8, 4) is 0 Å². The molecule has 82 valence electrons. The van der Waals surface area contributed by atoms with Gasteiger partial charge >= 0.3 is 0 Å². The minimum atomic E-state index is -0.487. The summed E-state index contributed by atoms with van der Waals surface area (Å²) in [6, 6.07) is 1.36. The van der Waals surface area contributed by atoms with Crippen LogP contribution in [0.1, 0.15) is 13.3 Å². The van der Waals surface area contributed by atoms with Crippen molar-refractivity contribution in [1.29, 1.82) is 0 Å². The van der Waals surface area contributed by atoms with Gasteiger partial charge in [0.1, 0.15) is 12.1 Å². The summed E-state index contributed by atoms with van der Waals surface area (Å²) in [6.07, 6.45) is 2.43. The molecule has 15 heavy (non-hydrogen) atoms. The number of hydrogen-bond acceptors (Lipinski definition) is 4. The number of ether oxygens (including phenoxy) is 1. The van der Waals surface area contributed by atoms with E-state index in [1.807, 2.05) is 4.90 Å². The number of hydrogen-bond donors (Lipinski definition) is 0. The van der Waals surface area contributed by atoms with Crippen LogP contribution in [0.3, 0.4) is 0 Å². The van der Waals surface area contributed by atoms with Gasteiger partial charge in [-0.15, -0.1) is 0 Å². The number of halogens is 1. The summed E-state index contributed by atoms with van der Waals surface area (Å²) in [5, 5.41) is 0. The molecule has 1 aliphatic heterocycles. The van der Waals surface area contributed by atoms with Crippen LogP contribution in [0.2, 0.25) is 0 Å². The molecular weight excluding hydrogens is 197 g/mol. The first-order valence-electron chi connectivity index (χ1n) is 5.13. The number of nitrogens with zero attached hydrogens (tertiary/aromatic N) is 3. The molecule has 0 aromatic carbocycles. The lowest BCUT2D eigenvalue weighted by molar-refractivity contribution is 0.0381. The molecule has 1 aliphatic rings. The molecule has 0 aliphatic carbocycles. The predicted octanol–water partition coefficient (Wildman–Crippen LogP) is 1.23. The van der Waals surface area contributed by atoms with Gasteiger partial charge in [-0.25, -0.2) is 9.97 Å². The highest BCUT2D eigenvalue weighted by Gasteiger charge is 2.20. The van der Waals surface area contributed by atoms with Crippen molar-refractivity contribution in [2.24, 2.45) is 0 Å². The number of rotatable bonds is 2. The Kier molecular flexibility index (Phi) is 3.11. The minimum absolute atomic E-state index is 0.219. The third kappa shape index (κ3) is 2.41. The summed E-state index contributed by atoms with van der Waals surface area (Å²) in [5.74, 6) is 0.156. The van der Waals surface area contributed by atoms with Gasteiger partial charge in [0, 0.05) is 19.2 Å². The topological polar surface area (TPSA) is 38.2 Å². The standard InChI is InChI=1S/C10H14FN3O/c1-2-8-6-14(3-4-15-8)10-5-9(11)12-7-13-10/h5,7-8H,2-4,6H2,1H3. The van der Waals surface area contributed by atoms with Gasteiger partial charge in [0.15, 0.2) is 0 Å². The van der Waals surface area contributed by atoms with E-state index < -0.39 is 5.95 Å². The average Bonchev–Trinajstić information content (AvgIpc) is 2.29. The predicted molar refractivity (Wildman–Crippen MR) is 54.2 cm³/mol. The van der Waals surface area contributed by atoms with Crippen molar-refractivity contribution in [3.05, 3.63) is 18.3 Å². The molecule has 4 nitrogen and oxygen atoms in total. The summed E-state index contributed by atoms with van der Waals surface area (Å²) in [4.78, 5) is 9.52. The molecule has 0 radical (unpaired) electrons. The Bertz CT molecular complexity index is 334. The zero-order chi connectivity index (χ0) is 10.7. The van der Waals surface area contributed by atoms with Gasteiger partial charge in [-0.1, -0.05) is 6.92 Å². The molecule has 2 heterocycles. The molecule has 1 unspecified atom stereocenters. The van der Waals surface area contributed by atoms with E-state index in [-0.39, 0.29) is 6.10 Å². The van der Waals surface area contributed by atoms with Gasteiger partial charge < -0.3 is 9.64 Å². The van der Waals surface area contributed by atoms with Crippen molar-refractivity contribution >= 4 is 5.82 Å². The van der Waals surface area contributed by atoms with E-state index in [0.717, 1.165) is 19.5 Å². The largest absolute Gasteiger partial charge is 0.375 e.